The van der Waals surface area contributed by atoms with Crippen molar-refractivity contribution in [3.05, 3.63) is 66.2 Å². The highest BCUT2D eigenvalue weighted by molar-refractivity contribution is 5.84. The molecule has 0 saturated carbocycles. The standard InChI is InChI=1S/C17H15FN2O/c1-21-14-6-7-16(18)17(8-14)20-11-13-10-19-9-12-4-2-3-5-15(12)13/h2-10,20H,11H2,1H3. The van der Waals surface area contributed by atoms with Crippen molar-refractivity contribution in [3.8, 4) is 5.75 Å². The number of pyridine rings is 1. The molecule has 3 aromatic rings. The van der Waals surface area contributed by atoms with Crippen LogP contribution >= 0.6 is 0 Å². The van der Waals surface area contributed by atoms with Crippen molar-refractivity contribution in [2.24, 2.45) is 0 Å². The van der Waals surface area contributed by atoms with E-state index in [0.717, 1.165) is 16.3 Å². The maximum atomic E-state index is 13.8. The van der Waals surface area contributed by atoms with E-state index >= 15 is 0 Å². The zero-order valence-electron chi connectivity index (χ0n) is 11.6. The minimum absolute atomic E-state index is 0.302. The molecule has 0 spiro atoms. The molecule has 0 atom stereocenters. The summed E-state index contributed by atoms with van der Waals surface area (Å²) in [6.45, 7) is 0.498. The first kappa shape index (κ1) is 13.4. The van der Waals surface area contributed by atoms with E-state index in [1.807, 2.05) is 30.5 Å². The molecule has 0 aliphatic rings. The molecule has 0 bridgehead atoms. The van der Waals surface area contributed by atoms with Crippen molar-refractivity contribution in [1.29, 1.82) is 0 Å². The van der Waals surface area contributed by atoms with E-state index in [0.29, 0.717) is 18.0 Å². The first-order chi connectivity index (χ1) is 10.3. The monoisotopic (exact) mass is 282 g/mol. The number of halogens is 1. The van der Waals surface area contributed by atoms with E-state index < -0.39 is 0 Å². The second-order valence-corrected chi connectivity index (χ2v) is 4.72. The Morgan fingerprint density at radius 2 is 2.00 bits per heavy atom. The van der Waals surface area contributed by atoms with Crippen LogP contribution in [0.4, 0.5) is 10.1 Å². The molecule has 0 saturated heterocycles. The first-order valence-electron chi connectivity index (χ1n) is 6.67. The quantitative estimate of drug-likeness (QED) is 0.785. The number of nitrogens with one attached hydrogen (secondary N) is 1. The van der Waals surface area contributed by atoms with Crippen molar-refractivity contribution < 1.29 is 9.13 Å². The Morgan fingerprint density at radius 3 is 2.86 bits per heavy atom. The minimum Gasteiger partial charge on any atom is -0.497 e. The third kappa shape index (κ3) is 2.79. The smallest absolute Gasteiger partial charge is 0.146 e. The van der Waals surface area contributed by atoms with Crippen molar-refractivity contribution >= 4 is 16.5 Å². The number of aromatic nitrogens is 1. The SMILES string of the molecule is COc1ccc(F)c(NCc2cncc3ccccc23)c1. The minimum atomic E-state index is -0.302. The molecular weight excluding hydrogens is 267 g/mol. The van der Waals surface area contributed by atoms with Gasteiger partial charge in [0.1, 0.15) is 11.6 Å². The van der Waals surface area contributed by atoms with E-state index in [2.05, 4.69) is 10.3 Å². The van der Waals surface area contributed by atoms with Gasteiger partial charge >= 0.3 is 0 Å². The van der Waals surface area contributed by atoms with Crippen molar-refractivity contribution in [2.75, 3.05) is 12.4 Å². The molecule has 3 rings (SSSR count). The van der Waals surface area contributed by atoms with Crippen LogP contribution in [0, 0.1) is 5.82 Å². The van der Waals surface area contributed by atoms with Gasteiger partial charge in [-0.25, -0.2) is 4.39 Å². The van der Waals surface area contributed by atoms with Crippen molar-refractivity contribution in [1.82, 2.24) is 4.98 Å². The summed E-state index contributed by atoms with van der Waals surface area (Å²) in [6, 6.07) is 12.6. The van der Waals surface area contributed by atoms with E-state index in [-0.39, 0.29) is 5.82 Å². The predicted molar refractivity (Wildman–Crippen MR) is 82.0 cm³/mol. The fourth-order valence-corrected chi connectivity index (χ4v) is 2.28. The number of hydrogen-bond donors (Lipinski definition) is 1. The molecule has 0 aliphatic heterocycles. The number of ether oxygens (including phenoxy) is 1. The van der Waals surface area contributed by atoms with Crippen LogP contribution in [0.3, 0.4) is 0 Å². The summed E-state index contributed by atoms with van der Waals surface area (Å²) in [7, 11) is 1.56. The van der Waals surface area contributed by atoms with Gasteiger partial charge in [0.2, 0.25) is 0 Å². The lowest BCUT2D eigenvalue weighted by Gasteiger charge is -2.11. The van der Waals surface area contributed by atoms with Gasteiger partial charge in [0.15, 0.2) is 0 Å². The Morgan fingerprint density at radius 1 is 1.14 bits per heavy atom. The predicted octanol–water partition coefficient (Wildman–Crippen LogP) is 3.99. The van der Waals surface area contributed by atoms with Gasteiger partial charge in [0, 0.05) is 30.4 Å². The summed E-state index contributed by atoms with van der Waals surface area (Å²) >= 11 is 0. The van der Waals surface area contributed by atoms with Crippen LogP contribution in [0.1, 0.15) is 5.56 Å². The van der Waals surface area contributed by atoms with Crippen LogP contribution < -0.4 is 10.1 Å². The van der Waals surface area contributed by atoms with Gasteiger partial charge in [-0.15, -0.1) is 0 Å². The molecule has 0 fully saturated rings. The number of rotatable bonds is 4. The Labute approximate surface area is 122 Å². The molecule has 0 radical (unpaired) electrons. The van der Waals surface area contributed by atoms with Gasteiger partial charge in [0.25, 0.3) is 0 Å². The topological polar surface area (TPSA) is 34.1 Å². The molecule has 2 aromatic carbocycles. The van der Waals surface area contributed by atoms with Gasteiger partial charge in [-0.2, -0.15) is 0 Å². The largest absolute Gasteiger partial charge is 0.497 e. The summed E-state index contributed by atoms with van der Waals surface area (Å²) in [5, 5.41) is 5.29. The number of methoxy groups -OCH3 is 1. The molecule has 0 aliphatic carbocycles. The molecule has 3 nitrogen and oxygen atoms in total. The average Bonchev–Trinajstić information content (AvgIpc) is 2.54. The molecule has 4 heteroatoms. The Hall–Kier alpha value is -2.62. The number of hydrogen-bond acceptors (Lipinski definition) is 3. The van der Waals surface area contributed by atoms with Crippen LogP contribution in [-0.2, 0) is 6.54 Å². The van der Waals surface area contributed by atoms with Crippen LogP contribution in [0.2, 0.25) is 0 Å². The first-order valence-corrected chi connectivity index (χ1v) is 6.67. The molecule has 1 aromatic heterocycles. The molecule has 1 N–H and O–H groups in total. The highest BCUT2D eigenvalue weighted by atomic mass is 19.1. The van der Waals surface area contributed by atoms with Crippen LogP contribution in [0.25, 0.3) is 10.8 Å². The summed E-state index contributed by atoms with van der Waals surface area (Å²) in [5.41, 5.74) is 1.44. The summed E-state index contributed by atoms with van der Waals surface area (Å²) in [4.78, 5) is 4.22. The molecule has 21 heavy (non-hydrogen) atoms. The molecule has 0 amide bonds. The number of fused-ring (bicyclic) bond motifs is 1. The number of nitrogens with zero attached hydrogens (tertiary/aromatic N) is 1. The fourth-order valence-electron chi connectivity index (χ4n) is 2.28. The lowest BCUT2D eigenvalue weighted by Crippen LogP contribution is -2.03. The average molecular weight is 282 g/mol. The Kier molecular flexibility index (Phi) is 3.69. The van der Waals surface area contributed by atoms with Crippen LogP contribution in [0.15, 0.2) is 54.9 Å². The van der Waals surface area contributed by atoms with E-state index in [1.165, 1.54) is 6.07 Å². The summed E-state index contributed by atoms with van der Waals surface area (Å²) in [5.74, 6) is 0.318. The zero-order chi connectivity index (χ0) is 14.7. The van der Waals surface area contributed by atoms with E-state index in [9.17, 15) is 4.39 Å². The maximum absolute atomic E-state index is 13.8. The molecule has 106 valence electrons. The van der Waals surface area contributed by atoms with Gasteiger partial charge in [0.05, 0.1) is 12.8 Å². The Bertz CT molecular complexity index is 768. The van der Waals surface area contributed by atoms with Gasteiger partial charge in [-0.3, -0.25) is 4.98 Å². The maximum Gasteiger partial charge on any atom is 0.146 e. The zero-order valence-corrected chi connectivity index (χ0v) is 11.6. The highest BCUT2D eigenvalue weighted by Gasteiger charge is 2.05. The van der Waals surface area contributed by atoms with Crippen molar-refractivity contribution in [2.45, 2.75) is 6.54 Å². The number of benzene rings is 2. The van der Waals surface area contributed by atoms with Gasteiger partial charge in [-0.05, 0) is 23.1 Å². The van der Waals surface area contributed by atoms with E-state index in [1.54, 1.807) is 25.4 Å². The second-order valence-electron chi connectivity index (χ2n) is 4.72. The lowest BCUT2D eigenvalue weighted by atomic mass is 10.1. The van der Waals surface area contributed by atoms with Crippen molar-refractivity contribution in [3.63, 3.8) is 0 Å². The fraction of sp³-hybridized carbons (Fsp3) is 0.118. The van der Waals surface area contributed by atoms with Crippen LogP contribution in [0.5, 0.6) is 5.75 Å². The van der Waals surface area contributed by atoms with E-state index in [4.69, 9.17) is 4.74 Å². The molecule has 0 unspecified atom stereocenters. The normalized spacial score (nSPS) is 10.6. The van der Waals surface area contributed by atoms with Gasteiger partial charge in [-0.1, -0.05) is 24.3 Å². The lowest BCUT2D eigenvalue weighted by molar-refractivity contribution is 0.414. The Balaban J connectivity index is 1.87. The highest BCUT2D eigenvalue weighted by Crippen LogP contribution is 2.23. The molecular formula is C17H15FN2O. The van der Waals surface area contributed by atoms with Crippen LogP contribution in [-0.4, -0.2) is 12.1 Å². The second kappa shape index (κ2) is 5.79. The third-order valence-electron chi connectivity index (χ3n) is 3.39. The third-order valence-corrected chi connectivity index (χ3v) is 3.39. The summed E-state index contributed by atoms with van der Waals surface area (Å²) in [6.07, 6.45) is 3.62. The summed E-state index contributed by atoms with van der Waals surface area (Å²) < 4.78 is 18.9. The van der Waals surface area contributed by atoms with Gasteiger partial charge < -0.3 is 10.1 Å². The molecule has 1 heterocycles. The number of anilines is 1.